The van der Waals surface area contributed by atoms with E-state index in [-0.39, 0.29) is 25.7 Å². The third-order valence-corrected chi connectivity index (χ3v) is 22.8. The molecule has 642 valence electrons. The first-order valence-electron chi connectivity index (χ1n) is 45.8. The van der Waals surface area contributed by atoms with Crippen molar-refractivity contribution in [2.45, 2.75) is 491 Å². The summed E-state index contributed by atoms with van der Waals surface area (Å²) in [5, 5.41) is 10.7. The van der Waals surface area contributed by atoms with Crippen molar-refractivity contribution >= 4 is 39.5 Å². The molecule has 0 radical (unpaired) electrons. The Kier molecular flexibility index (Phi) is 77.5. The van der Waals surface area contributed by atoms with Gasteiger partial charge in [0.25, 0.3) is 0 Å². The minimum absolute atomic E-state index is 0.108. The van der Waals surface area contributed by atoms with Gasteiger partial charge in [-0.25, -0.2) is 9.13 Å². The topological polar surface area (TPSA) is 237 Å². The molecule has 0 aromatic heterocycles. The van der Waals surface area contributed by atoms with Gasteiger partial charge in [0.2, 0.25) is 0 Å². The van der Waals surface area contributed by atoms with Crippen molar-refractivity contribution < 1.29 is 80.2 Å². The van der Waals surface area contributed by atoms with Gasteiger partial charge < -0.3 is 33.8 Å². The van der Waals surface area contributed by atoms with Crippen LogP contribution in [0.5, 0.6) is 0 Å². The molecular weight excluding hydrogens is 1400 g/mol. The zero-order valence-electron chi connectivity index (χ0n) is 71.3. The Bertz CT molecular complexity index is 2080. The van der Waals surface area contributed by atoms with Crippen molar-refractivity contribution in [3.63, 3.8) is 0 Å². The van der Waals surface area contributed by atoms with E-state index in [1.165, 1.54) is 283 Å². The van der Waals surface area contributed by atoms with Gasteiger partial charge in [0.1, 0.15) is 19.3 Å². The number of carbonyl (C=O) groups excluding carboxylic acids is 4. The molecule has 0 aromatic carbocycles. The molecule has 2 unspecified atom stereocenters. The summed E-state index contributed by atoms with van der Waals surface area (Å²) in [7, 11) is -9.93. The maximum absolute atomic E-state index is 13.2. The number of esters is 4. The minimum Gasteiger partial charge on any atom is -0.462 e. The first-order valence-corrected chi connectivity index (χ1v) is 48.8. The highest BCUT2D eigenvalue weighted by molar-refractivity contribution is 7.47. The van der Waals surface area contributed by atoms with Crippen LogP contribution >= 0.6 is 15.6 Å². The molecule has 0 aliphatic carbocycles. The van der Waals surface area contributed by atoms with E-state index in [1.54, 1.807) is 0 Å². The molecule has 0 spiro atoms. The van der Waals surface area contributed by atoms with Crippen LogP contribution < -0.4 is 0 Å². The SMILES string of the molecule is CCCCCCCCCCCCCCCCC(=O)O[C@H](COC(=O)CCCCCCCCCCCC(C)C)COP(=O)(O)OC[C@H](O)COP(=O)(O)OC[C@@H](COC(=O)CCCCCCCCCCCCCCCCCCCCC(C)C)OC(=O)CCCCCCCCCCCCCCCCCCCCC(C)C. The second-order valence-corrected chi connectivity index (χ2v) is 36.3. The summed E-state index contributed by atoms with van der Waals surface area (Å²) >= 11 is 0. The van der Waals surface area contributed by atoms with E-state index in [0.29, 0.717) is 25.7 Å². The summed E-state index contributed by atoms with van der Waals surface area (Å²) in [4.78, 5) is 73.3. The molecule has 0 heterocycles. The molecule has 0 aliphatic rings. The number of carbonyl (C=O) groups is 4. The smallest absolute Gasteiger partial charge is 0.462 e. The van der Waals surface area contributed by atoms with Crippen LogP contribution in [0.2, 0.25) is 0 Å². The highest BCUT2D eigenvalue weighted by Crippen LogP contribution is 2.45. The number of aliphatic hydroxyl groups excluding tert-OH is 1. The van der Waals surface area contributed by atoms with E-state index in [0.717, 1.165) is 108 Å². The third-order valence-electron chi connectivity index (χ3n) is 20.9. The lowest BCUT2D eigenvalue weighted by atomic mass is 10.0. The normalized spacial score (nSPS) is 13.8. The van der Waals surface area contributed by atoms with Crippen LogP contribution in [0.15, 0.2) is 0 Å². The molecule has 0 fully saturated rings. The summed E-state index contributed by atoms with van der Waals surface area (Å²) in [5.41, 5.74) is 0. The van der Waals surface area contributed by atoms with E-state index < -0.39 is 97.5 Å². The van der Waals surface area contributed by atoms with Crippen LogP contribution in [0.3, 0.4) is 0 Å². The molecule has 0 amide bonds. The molecule has 17 nitrogen and oxygen atoms in total. The molecule has 0 aliphatic heterocycles. The molecule has 0 aromatic rings. The van der Waals surface area contributed by atoms with Crippen molar-refractivity contribution in [1.29, 1.82) is 0 Å². The van der Waals surface area contributed by atoms with Gasteiger partial charge in [0.15, 0.2) is 12.2 Å². The van der Waals surface area contributed by atoms with Crippen molar-refractivity contribution in [1.82, 2.24) is 0 Å². The molecule has 0 saturated carbocycles. The first kappa shape index (κ1) is 106. The quantitative estimate of drug-likeness (QED) is 0.0222. The molecule has 5 atom stereocenters. The lowest BCUT2D eigenvalue weighted by Gasteiger charge is -2.21. The molecule has 0 rings (SSSR count). The average Bonchev–Trinajstić information content (AvgIpc) is 0.896. The summed E-state index contributed by atoms with van der Waals surface area (Å²) in [5.74, 6) is 0.287. The number of phosphoric acid groups is 2. The molecule has 3 N–H and O–H groups in total. The van der Waals surface area contributed by atoms with Crippen molar-refractivity contribution in [2.75, 3.05) is 39.6 Å². The van der Waals surface area contributed by atoms with Crippen LogP contribution in [0.4, 0.5) is 0 Å². The van der Waals surface area contributed by atoms with Gasteiger partial charge in [-0.2, -0.15) is 0 Å². The number of unbranched alkanes of at least 4 members (excludes halogenated alkanes) is 55. The number of phosphoric ester groups is 2. The fraction of sp³-hybridized carbons (Fsp3) is 0.955. The monoisotopic (exact) mass is 1580 g/mol. The highest BCUT2D eigenvalue weighted by atomic mass is 31.2. The molecule has 108 heavy (non-hydrogen) atoms. The minimum atomic E-state index is -4.97. The number of ether oxygens (including phenoxy) is 4. The Balaban J connectivity index is 5.23. The van der Waals surface area contributed by atoms with E-state index in [2.05, 4.69) is 48.5 Å². The maximum atomic E-state index is 13.2. The van der Waals surface area contributed by atoms with Crippen molar-refractivity contribution in [2.24, 2.45) is 17.8 Å². The van der Waals surface area contributed by atoms with E-state index in [4.69, 9.17) is 37.0 Å². The number of aliphatic hydroxyl groups is 1. The lowest BCUT2D eigenvalue weighted by molar-refractivity contribution is -0.161. The summed E-state index contributed by atoms with van der Waals surface area (Å²) in [6.07, 6.45) is 70.9. The molecule has 0 saturated heterocycles. The van der Waals surface area contributed by atoms with Gasteiger partial charge >= 0.3 is 39.5 Å². The van der Waals surface area contributed by atoms with Crippen LogP contribution in [0.25, 0.3) is 0 Å². The Morgan fingerprint density at radius 1 is 0.250 bits per heavy atom. The van der Waals surface area contributed by atoms with Gasteiger partial charge in [-0.05, 0) is 43.4 Å². The molecule has 0 bridgehead atoms. The second-order valence-electron chi connectivity index (χ2n) is 33.4. The average molecular weight is 1580 g/mol. The third kappa shape index (κ3) is 82.1. The van der Waals surface area contributed by atoms with E-state index >= 15 is 0 Å². The zero-order valence-corrected chi connectivity index (χ0v) is 73.1. The van der Waals surface area contributed by atoms with Gasteiger partial charge in [-0.1, -0.05) is 421 Å². The standard InChI is InChI=1S/C89H174O17P2/c1-8-9-10-11-12-13-14-15-30-36-43-51-58-65-72-88(93)106-85(77-100-87(92)71-64-57-50-45-38-41-48-55-62-69-82(6)7)79-104-108(97,98)102-75-83(90)74-101-107(95,96)103-78-84(105-89(94)73-66-59-52-44-37-32-27-23-19-17-21-25-29-34-40-47-54-61-68-81(4)5)76-99-86(91)70-63-56-49-42-35-31-26-22-18-16-20-24-28-33-39-46-53-60-67-80(2)3/h80-85,90H,8-79H2,1-7H3,(H,95,96)(H,97,98)/t83-,84-,85-/m1/s1. The van der Waals surface area contributed by atoms with Crippen LogP contribution in [-0.4, -0.2) is 96.7 Å². The zero-order chi connectivity index (χ0) is 79.3. The fourth-order valence-corrected chi connectivity index (χ4v) is 15.5. The first-order chi connectivity index (χ1) is 52.2. The van der Waals surface area contributed by atoms with Gasteiger partial charge in [-0.3, -0.25) is 37.3 Å². The van der Waals surface area contributed by atoms with Crippen LogP contribution in [0.1, 0.15) is 472 Å². The van der Waals surface area contributed by atoms with Gasteiger partial charge in [0.05, 0.1) is 26.4 Å². The predicted octanol–water partition coefficient (Wildman–Crippen LogP) is 27.3. The molecular formula is C89H174O17P2. The Hall–Kier alpha value is -1.94. The van der Waals surface area contributed by atoms with Crippen molar-refractivity contribution in [3.8, 4) is 0 Å². The highest BCUT2D eigenvalue weighted by Gasteiger charge is 2.31. The number of hydrogen-bond donors (Lipinski definition) is 3. The Labute approximate surface area is 664 Å². The van der Waals surface area contributed by atoms with E-state index in [9.17, 15) is 43.2 Å². The van der Waals surface area contributed by atoms with Crippen LogP contribution in [0, 0.1) is 17.8 Å². The largest absolute Gasteiger partial charge is 0.472 e. The molecule has 19 heteroatoms. The fourth-order valence-electron chi connectivity index (χ4n) is 13.9. The Morgan fingerprint density at radius 3 is 0.630 bits per heavy atom. The Morgan fingerprint density at radius 2 is 0.426 bits per heavy atom. The maximum Gasteiger partial charge on any atom is 0.472 e. The van der Waals surface area contributed by atoms with Gasteiger partial charge in [0, 0.05) is 25.7 Å². The predicted molar refractivity (Wildman–Crippen MR) is 446 cm³/mol. The van der Waals surface area contributed by atoms with E-state index in [1.807, 2.05) is 0 Å². The van der Waals surface area contributed by atoms with Crippen molar-refractivity contribution in [3.05, 3.63) is 0 Å². The summed E-state index contributed by atoms with van der Waals surface area (Å²) in [6.45, 7) is 12.1. The summed E-state index contributed by atoms with van der Waals surface area (Å²) < 4.78 is 69.0. The second kappa shape index (κ2) is 78.9. The van der Waals surface area contributed by atoms with Gasteiger partial charge in [-0.15, -0.1) is 0 Å². The number of rotatable bonds is 87. The lowest BCUT2D eigenvalue weighted by Crippen LogP contribution is -2.30. The number of hydrogen-bond acceptors (Lipinski definition) is 15. The summed E-state index contributed by atoms with van der Waals surface area (Å²) in [6, 6.07) is 0. The van der Waals surface area contributed by atoms with Crippen LogP contribution in [-0.2, 0) is 65.4 Å².